The number of piperidine rings is 1. The van der Waals surface area contributed by atoms with Crippen molar-refractivity contribution in [1.82, 2.24) is 19.7 Å². The van der Waals surface area contributed by atoms with E-state index in [4.69, 9.17) is 4.74 Å². The zero-order valence-corrected chi connectivity index (χ0v) is 17.4. The van der Waals surface area contributed by atoms with Crippen molar-refractivity contribution >= 4 is 17.7 Å². The molecule has 1 fully saturated rings. The van der Waals surface area contributed by atoms with Gasteiger partial charge < -0.3 is 14.2 Å². The van der Waals surface area contributed by atoms with E-state index in [1.54, 1.807) is 0 Å². The van der Waals surface area contributed by atoms with Crippen LogP contribution in [0.2, 0.25) is 0 Å². The number of carbonyl (C=O) groups excluding carboxylic acids is 1. The molecule has 0 radical (unpaired) electrons. The van der Waals surface area contributed by atoms with E-state index in [2.05, 4.69) is 37.0 Å². The monoisotopic (exact) mass is 388 g/mol. The molecule has 1 unspecified atom stereocenters. The van der Waals surface area contributed by atoms with E-state index in [9.17, 15) is 4.79 Å². The van der Waals surface area contributed by atoms with E-state index in [-0.39, 0.29) is 5.91 Å². The van der Waals surface area contributed by atoms with Crippen molar-refractivity contribution < 1.29 is 9.53 Å². The van der Waals surface area contributed by atoms with Crippen molar-refractivity contribution in [3.8, 4) is 5.75 Å². The molecule has 1 aliphatic rings. The van der Waals surface area contributed by atoms with Crippen LogP contribution >= 0.6 is 11.8 Å². The molecule has 1 aliphatic heterocycles. The van der Waals surface area contributed by atoms with Crippen molar-refractivity contribution in [3.63, 3.8) is 0 Å². The fourth-order valence-corrected chi connectivity index (χ4v) is 4.11. The number of aromatic nitrogens is 3. The van der Waals surface area contributed by atoms with Gasteiger partial charge in [0.25, 0.3) is 0 Å². The highest BCUT2D eigenvalue weighted by Gasteiger charge is 2.23. The molecule has 3 rings (SSSR count). The summed E-state index contributed by atoms with van der Waals surface area (Å²) >= 11 is 1.44. The van der Waals surface area contributed by atoms with Gasteiger partial charge in [0.2, 0.25) is 5.91 Å². The first kappa shape index (κ1) is 19.7. The molecule has 2 heterocycles. The molecule has 0 spiro atoms. The highest BCUT2D eigenvalue weighted by molar-refractivity contribution is 7.99. The lowest BCUT2D eigenvalue weighted by Crippen LogP contribution is -2.42. The van der Waals surface area contributed by atoms with Gasteiger partial charge in [0.15, 0.2) is 11.0 Å². The molecule has 0 N–H and O–H groups in total. The van der Waals surface area contributed by atoms with E-state index in [0.29, 0.717) is 18.4 Å². The molecular formula is C20H28N4O2S. The summed E-state index contributed by atoms with van der Waals surface area (Å²) in [6.45, 7) is 7.47. The summed E-state index contributed by atoms with van der Waals surface area (Å²) in [4.78, 5) is 14.5. The van der Waals surface area contributed by atoms with Crippen LogP contribution in [-0.4, -0.2) is 43.9 Å². The van der Waals surface area contributed by atoms with E-state index in [0.717, 1.165) is 41.7 Å². The van der Waals surface area contributed by atoms with Crippen LogP contribution in [0.5, 0.6) is 5.75 Å². The number of amides is 1. The van der Waals surface area contributed by atoms with Gasteiger partial charge in [-0.05, 0) is 57.2 Å². The zero-order valence-electron chi connectivity index (χ0n) is 16.6. The first-order valence-corrected chi connectivity index (χ1v) is 10.5. The number of thioether (sulfide) groups is 1. The smallest absolute Gasteiger partial charge is 0.233 e. The van der Waals surface area contributed by atoms with Gasteiger partial charge in [-0.2, -0.15) is 0 Å². The summed E-state index contributed by atoms with van der Waals surface area (Å²) in [6.07, 6.45) is 3.41. The number of carbonyl (C=O) groups is 1. The molecule has 0 bridgehead atoms. The predicted molar refractivity (Wildman–Crippen MR) is 107 cm³/mol. The lowest BCUT2D eigenvalue weighted by molar-refractivity contribution is -0.131. The average molecular weight is 389 g/mol. The molecule has 0 aliphatic carbocycles. The number of rotatable bonds is 6. The molecule has 6 nitrogen and oxygen atoms in total. The van der Waals surface area contributed by atoms with Crippen LogP contribution in [0, 0.1) is 13.8 Å². The largest absolute Gasteiger partial charge is 0.485 e. The summed E-state index contributed by atoms with van der Waals surface area (Å²) in [7, 11) is 1.91. The van der Waals surface area contributed by atoms with E-state index in [1.165, 1.54) is 23.7 Å². The van der Waals surface area contributed by atoms with Crippen molar-refractivity contribution in [1.29, 1.82) is 0 Å². The maximum Gasteiger partial charge on any atom is 0.233 e. The number of hydrogen-bond donors (Lipinski definition) is 0. The summed E-state index contributed by atoms with van der Waals surface area (Å²) in [5.41, 5.74) is 2.34. The topological polar surface area (TPSA) is 60.3 Å². The number of hydrogen-bond acceptors (Lipinski definition) is 5. The van der Waals surface area contributed by atoms with Crippen LogP contribution in [0.1, 0.15) is 43.1 Å². The van der Waals surface area contributed by atoms with E-state index in [1.807, 2.05) is 28.6 Å². The second kappa shape index (κ2) is 8.78. The van der Waals surface area contributed by atoms with Crippen LogP contribution in [0.4, 0.5) is 0 Å². The molecule has 146 valence electrons. The summed E-state index contributed by atoms with van der Waals surface area (Å²) in [5.74, 6) is 2.19. The third kappa shape index (κ3) is 4.64. The fraction of sp³-hybridized carbons (Fsp3) is 0.550. The van der Waals surface area contributed by atoms with Gasteiger partial charge in [0.1, 0.15) is 12.4 Å². The minimum absolute atomic E-state index is 0.184. The highest BCUT2D eigenvalue weighted by atomic mass is 32.2. The van der Waals surface area contributed by atoms with Gasteiger partial charge in [0, 0.05) is 19.6 Å². The lowest BCUT2D eigenvalue weighted by atomic mass is 10.0. The summed E-state index contributed by atoms with van der Waals surface area (Å²) < 4.78 is 7.83. The Labute approximate surface area is 165 Å². The van der Waals surface area contributed by atoms with Gasteiger partial charge in [-0.3, -0.25) is 4.79 Å². The Hall–Kier alpha value is -2.02. The fourth-order valence-electron chi connectivity index (χ4n) is 3.30. The van der Waals surface area contributed by atoms with Crippen LogP contribution in [0.15, 0.2) is 23.4 Å². The number of nitrogens with zero attached hydrogens (tertiary/aromatic N) is 4. The maximum atomic E-state index is 12.5. The predicted octanol–water partition coefficient (Wildman–Crippen LogP) is 3.50. The molecule has 1 aromatic heterocycles. The minimum Gasteiger partial charge on any atom is -0.485 e. The van der Waals surface area contributed by atoms with Crippen LogP contribution in [-0.2, 0) is 18.4 Å². The first-order chi connectivity index (χ1) is 13.0. The van der Waals surface area contributed by atoms with Crippen molar-refractivity contribution in [3.05, 3.63) is 35.2 Å². The Morgan fingerprint density at radius 2 is 2.11 bits per heavy atom. The summed E-state index contributed by atoms with van der Waals surface area (Å²) in [5, 5.41) is 9.20. The molecule has 7 heteroatoms. The standard InChI is InChI=1S/C20H28N4O2S/c1-14-8-7-10-17(16(14)3)26-12-18-21-22-20(23(18)4)27-13-19(25)24-11-6-5-9-15(24)2/h7-8,10,15H,5-6,9,11-13H2,1-4H3. The minimum atomic E-state index is 0.184. The molecular weight excluding hydrogens is 360 g/mol. The molecule has 1 amide bonds. The van der Waals surface area contributed by atoms with Gasteiger partial charge in [-0.25, -0.2) is 0 Å². The Balaban J connectivity index is 1.57. The second-order valence-corrected chi connectivity index (χ2v) is 8.11. The Kier molecular flexibility index (Phi) is 6.42. The van der Waals surface area contributed by atoms with Crippen LogP contribution in [0.3, 0.4) is 0 Å². The molecule has 1 atom stereocenters. The van der Waals surface area contributed by atoms with Crippen LogP contribution in [0.25, 0.3) is 0 Å². The van der Waals surface area contributed by atoms with Gasteiger partial charge in [-0.1, -0.05) is 23.9 Å². The lowest BCUT2D eigenvalue weighted by Gasteiger charge is -2.33. The molecule has 1 saturated heterocycles. The second-order valence-electron chi connectivity index (χ2n) is 7.17. The molecule has 0 saturated carbocycles. The van der Waals surface area contributed by atoms with Crippen LogP contribution < -0.4 is 4.74 Å². The average Bonchev–Trinajstić information content (AvgIpc) is 3.01. The number of aryl methyl sites for hydroxylation is 1. The number of benzene rings is 1. The van der Waals surface area contributed by atoms with Crippen molar-refractivity contribution in [2.24, 2.45) is 7.05 Å². The van der Waals surface area contributed by atoms with E-state index >= 15 is 0 Å². The summed E-state index contributed by atoms with van der Waals surface area (Å²) in [6, 6.07) is 6.36. The Morgan fingerprint density at radius 1 is 1.30 bits per heavy atom. The third-order valence-electron chi connectivity index (χ3n) is 5.28. The van der Waals surface area contributed by atoms with Gasteiger partial charge >= 0.3 is 0 Å². The molecule has 27 heavy (non-hydrogen) atoms. The first-order valence-electron chi connectivity index (χ1n) is 9.47. The zero-order chi connectivity index (χ0) is 19.4. The Morgan fingerprint density at radius 3 is 2.89 bits per heavy atom. The van der Waals surface area contributed by atoms with Gasteiger partial charge in [-0.15, -0.1) is 10.2 Å². The third-order valence-corrected chi connectivity index (χ3v) is 6.29. The number of likely N-dealkylation sites (tertiary alicyclic amines) is 1. The number of ether oxygens (including phenoxy) is 1. The van der Waals surface area contributed by atoms with E-state index < -0.39 is 0 Å². The normalized spacial score (nSPS) is 17.2. The SMILES string of the molecule is Cc1cccc(OCc2nnc(SCC(=O)N3CCCCC3C)n2C)c1C. The van der Waals surface area contributed by atoms with Crippen molar-refractivity contribution in [2.45, 2.75) is 57.8 Å². The maximum absolute atomic E-state index is 12.5. The van der Waals surface area contributed by atoms with Gasteiger partial charge in [0.05, 0.1) is 5.75 Å². The Bertz CT molecular complexity index is 805. The highest BCUT2D eigenvalue weighted by Crippen LogP contribution is 2.23. The van der Waals surface area contributed by atoms with Crippen molar-refractivity contribution in [2.75, 3.05) is 12.3 Å². The molecule has 1 aromatic carbocycles. The molecule has 2 aromatic rings. The quantitative estimate of drug-likeness (QED) is 0.709.